The van der Waals surface area contributed by atoms with Crippen LogP contribution in [-0.2, 0) is 11.3 Å². The van der Waals surface area contributed by atoms with Crippen molar-refractivity contribution in [3.63, 3.8) is 0 Å². The lowest BCUT2D eigenvalue weighted by molar-refractivity contribution is 0.173. The van der Waals surface area contributed by atoms with Crippen LogP contribution in [0.25, 0.3) is 0 Å². The van der Waals surface area contributed by atoms with Crippen LogP contribution in [0.15, 0.2) is 29.3 Å². The van der Waals surface area contributed by atoms with Gasteiger partial charge in [0.2, 0.25) is 0 Å². The summed E-state index contributed by atoms with van der Waals surface area (Å²) in [7, 11) is 1.62. The molecule has 4 nitrogen and oxygen atoms in total. The molecule has 0 fully saturated rings. The zero-order chi connectivity index (χ0) is 9.68. The molecule has 0 aliphatic heterocycles. The Morgan fingerprint density at radius 1 is 1.54 bits per heavy atom. The number of rotatable bonds is 4. The number of hydrogen-bond acceptors (Lipinski definition) is 3. The average molecular weight is 182 g/mol. The van der Waals surface area contributed by atoms with Gasteiger partial charge in [0.15, 0.2) is 5.43 Å². The van der Waals surface area contributed by atoms with Crippen molar-refractivity contribution in [3.8, 4) is 0 Å². The summed E-state index contributed by atoms with van der Waals surface area (Å²) in [5, 5.41) is 0. The molecule has 1 rings (SSSR count). The summed E-state index contributed by atoms with van der Waals surface area (Å²) in [6.45, 7) is 1.18. The predicted molar refractivity (Wildman–Crippen MR) is 50.6 cm³/mol. The third kappa shape index (κ3) is 3.40. The number of methoxy groups -OCH3 is 1. The fourth-order valence-electron chi connectivity index (χ4n) is 1.10. The molecule has 0 aliphatic rings. The molecule has 0 bridgehead atoms. The quantitative estimate of drug-likeness (QED) is 0.703. The van der Waals surface area contributed by atoms with Gasteiger partial charge in [0.25, 0.3) is 0 Å². The number of pyridine rings is 1. The minimum Gasteiger partial charge on any atom is -0.383 e. The zero-order valence-corrected chi connectivity index (χ0v) is 7.64. The second kappa shape index (κ2) is 4.79. The Bertz CT molecular complexity index is 288. The standard InChI is InChI=1S/C9H14N2O2/c1-13-7-8(10)6-11-4-2-9(12)3-5-11/h2-5,8H,6-7,10H2,1H3. The average Bonchev–Trinajstić information content (AvgIpc) is 2.09. The molecule has 0 saturated heterocycles. The first-order valence-corrected chi connectivity index (χ1v) is 4.13. The largest absolute Gasteiger partial charge is 0.383 e. The Morgan fingerprint density at radius 3 is 2.69 bits per heavy atom. The van der Waals surface area contributed by atoms with Gasteiger partial charge in [0.1, 0.15) is 0 Å². The third-order valence-electron chi connectivity index (χ3n) is 1.69. The van der Waals surface area contributed by atoms with Gasteiger partial charge in [-0.1, -0.05) is 0 Å². The summed E-state index contributed by atoms with van der Waals surface area (Å²) < 4.78 is 6.77. The van der Waals surface area contributed by atoms with Crippen LogP contribution in [0.5, 0.6) is 0 Å². The Morgan fingerprint density at radius 2 is 2.15 bits per heavy atom. The van der Waals surface area contributed by atoms with Gasteiger partial charge < -0.3 is 15.0 Å². The molecule has 0 spiro atoms. The van der Waals surface area contributed by atoms with E-state index in [0.717, 1.165) is 0 Å². The van der Waals surface area contributed by atoms with E-state index >= 15 is 0 Å². The van der Waals surface area contributed by atoms with Crippen molar-refractivity contribution in [2.75, 3.05) is 13.7 Å². The SMILES string of the molecule is COCC(N)Cn1ccc(=O)cc1. The molecule has 0 amide bonds. The van der Waals surface area contributed by atoms with E-state index in [1.165, 1.54) is 12.1 Å². The van der Waals surface area contributed by atoms with Gasteiger partial charge in [-0.2, -0.15) is 0 Å². The fraction of sp³-hybridized carbons (Fsp3) is 0.444. The molecule has 0 aliphatic carbocycles. The maximum absolute atomic E-state index is 10.8. The third-order valence-corrected chi connectivity index (χ3v) is 1.69. The second-order valence-corrected chi connectivity index (χ2v) is 2.95. The van der Waals surface area contributed by atoms with Crippen molar-refractivity contribution in [1.82, 2.24) is 4.57 Å². The van der Waals surface area contributed by atoms with Gasteiger partial charge in [-0.3, -0.25) is 4.79 Å². The zero-order valence-electron chi connectivity index (χ0n) is 7.64. The van der Waals surface area contributed by atoms with E-state index in [9.17, 15) is 4.79 Å². The molecular formula is C9H14N2O2. The number of aromatic nitrogens is 1. The van der Waals surface area contributed by atoms with E-state index in [1.807, 2.05) is 4.57 Å². The molecule has 2 N–H and O–H groups in total. The molecule has 72 valence electrons. The summed E-state index contributed by atoms with van der Waals surface area (Å²) >= 11 is 0. The highest BCUT2D eigenvalue weighted by molar-refractivity contribution is 4.93. The number of nitrogens with two attached hydrogens (primary N) is 1. The monoisotopic (exact) mass is 182 g/mol. The van der Waals surface area contributed by atoms with E-state index in [1.54, 1.807) is 19.5 Å². The van der Waals surface area contributed by atoms with Crippen LogP contribution in [0.4, 0.5) is 0 Å². The lowest BCUT2D eigenvalue weighted by Crippen LogP contribution is -2.30. The van der Waals surface area contributed by atoms with E-state index in [0.29, 0.717) is 13.2 Å². The normalized spacial score (nSPS) is 12.8. The minimum atomic E-state index is -0.0347. The predicted octanol–water partition coefficient (Wildman–Crippen LogP) is -0.178. The first-order valence-electron chi connectivity index (χ1n) is 4.13. The Hall–Kier alpha value is -1.13. The van der Waals surface area contributed by atoms with Gasteiger partial charge in [0, 0.05) is 44.2 Å². The first-order chi connectivity index (χ1) is 6.22. The number of nitrogens with zero attached hydrogens (tertiary/aromatic N) is 1. The van der Waals surface area contributed by atoms with Crippen molar-refractivity contribution < 1.29 is 4.74 Å². The molecule has 0 aromatic carbocycles. The molecule has 1 aromatic rings. The highest BCUT2D eigenvalue weighted by atomic mass is 16.5. The first kappa shape index (κ1) is 9.95. The molecule has 1 atom stereocenters. The molecule has 1 aromatic heterocycles. The minimum absolute atomic E-state index is 0.0107. The summed E-state index contributed by atoms with van der Waals surface area (Å²) in [5.41, 5.74) is 5.74. The molecular weight excluding hydrogens is 168 g/mol. The topological polar surface area (TPSA) is 57.2 Å². The van der Waals surface area contributed by atoms with Crippen LogP contribution in [0.2, 0.25) is 0 Å². The summed E-state index contributed by atoms with van der Waals surface area (Å²) in [6.07, 6.45) is 3.44. The summed E-state index contributed by atoms with van der Waals surface area (Å²) in [4.78, 5) is 10.8. The maximum atomic E-state index is 10.8. The van der Waals surface area contributed by atoms with Crippen molar-refractivity contribution in [3.05, 3.63) is 34.7 Å². The number of hydrogen-bond donors (Lipinski definition) is 1. The highest BCUT2D eigenvalue weighted by Crippen LogP contribution is 1.89. The van der Waals surface area contributed by atoms with Crippen LogP contribution in [0, 0.1) is 0 Å². The molecule has 0 saturated carbocycles. The summed E-state index contributed by atoms with van der Waals surface area (Å²) in [6, 6.07) is 2.99. The molecule has 0 radical (unpaired) electrons. The molecule has 13 heavy (non-hydrogen) atoms. The van der Waals surface area contributed by atoms with Crippen molar-refractivity contribution in [2.24, 2.45) is 5.73 Å². The smallest absolute Gasteiger partial charge is 0.181 e. The van der Waals surface area contributed by atoms with Gasteiger partial charge in [-0.25, -0.2) is 0 Å². The van der Waals surface area contributed by atoms with Crippen LogP contribution in [-0.4, -0.2) is 24.3 Å². The second-order valence-electron chi connectivity index (χ2n) is 2.95. The van der Waals surface area contributed by atoms with Gasteiger partial charge in [0.05, 0.1) is 6.61 Å². The van der Waals surface area contributed by atoms with Crippen LogP contribution in [0.3, 0.4) is 0 Å². The lowest BCUT2D eigenvalue weighted by Gasteiger charge is -2.12. The van der Waals surface area contributed by atoms with Crippen LogP contribution in [0.1, 0.15) is 0 Å². The lowest BCUT2D eigenvalue weighted by atomic mass is 10.3. The summed E-state index contributed by atoms with van der Waals surface area (Å²) in [5.74, 6) is 0. The van der Waals surface area contributed by atoms with Crippen LogP contribution >= 0.6 is 0 Å². The van der Waals surface area contributed by atoms with Crippen LogP contribution < -0.4 is 11.2 Å². The molecule has 1 unspecified atom stereocenters. The molecule has 1 heterocycles. The number of ether oxygens (including phenoxy) is 1. The molecule has 4 heteroatoms. The van der Waals surface area contributed by atoms with Crippen molar-refractivity contribution >= 4 is 0 Å². The van der Waals surface area contributed by atoms with Crippen molar-refractivity contribution in [2.45, 2.75) is 12.6 Å². The maximum Gasteiger partial charge on any atom is 0.181 e. The highest BCUT2D eigenvalue weighted by Gasteiger charge is 2.00. The van der Waals surface area contributed by atoms with E-state index in [-0.39, 0.29) is 11.5 Å². The fourth-order valence-corrected chi connectivity index (χ4v) is 1.10. The van der Waals surface area contributed by atoms with E-state index in [4.69, 9.17) is 10.5 Å². The van der Waals surface area contributed by atoms with Gasteiger partial charge >= 0.3 is 0 Å². The Kier molecular flexibility index (Phi) is 3.67. The van der Waals surface area contributed by atoms with Gasteiger partial charge in [-0.05, 0) is 0 Å². The Balaban J connectivity index is 2.54. The van der Waals surface area contributed by atoms with E-state index in [2.05, 4.69) is 0 Å². The Labute approximate surface area is 76.9 Å². The van der Waals surface area contributed by atoms with E-state index < -0.39 is 0 Å². The van der Waals surface area contributed by atoms with Crippen molar-refractivity contribution in [1.29, 1.82) is 0 Å². The van der Waals surface area contributed by atoms with Gasteiger partial charge in [-0.15, -0.1) is 0 Å².